The van der Waals surface area contributed by atoms with E-state index in [0.717, 1.165) is 5.56 Å². The average Bonchev–Trinajstić information content (AvgIpc) is 2.43. The Morgan fingerprint density at radius 2 is 1.74 bits per heavy atom. The molecule has 1 aliphatic heterocycles. The first kappa shape index (κ1) is 11.7. The highest BCUT2D eigenvalue weighted by molar-refractivity contribution is 6.05. The van der Waals surface area contributed by atoms with Gasteiger partial charge in [-0.1, -0.05) is 36.4 Å². The lowest BCUT2D eigenvalue weighted by Crippen LogP contribution is -2.36. The van der Waals surface area contributed by atoms with E-state index in [9.17, 15) is 15.0 Å². The highest BCUT2D eigenvalue weighted by Crippen LogP contribution is 2.38. The first-order valence-electron chi connectivity index (χ1n) is 5.94. The SMILES string of the molecule is O=C1c2c(O)cccc2OC(c2ccccc2)C1O. The summed E-state index contributed by atoms with van der Waals surface area (Å²) in [7, 11) is 0. The van der Waals surface area contributed by atoms with Crippen molar-refractivity contribution in [3.05, 3.63) is 59.7 Å². The second-order valence-corrected chi connectivity index (χ2v) is 4.41. The van der Waals surface area contributed by atoms with Crippen LogP contribution in [-0.4, -0.2) is 22.1 Å². The zero-order valence-electron chi connectivity index (χ0n) is 9.98. The first-order chi connectivity index (χ1) is 9.18. The Bertz CT molecular complexity index is 621. The Morgan fingerprint density at radius 1 is 1.00 bits per heavy atom. The van der Waals surface area contributed by atoms with Gasteiger partial charge in [0.15, 0.2) is 12.2 Å². The summed E-state index contributed by atoms with van der Waals surface area (Å²) in [6, 6.07) is 13.7. The van der Waals surface area contributed by atoms with Crippen LogP contribution in [0.4, 0.5) is 0 Å². The van der Waals surface area contributed by atoms with Crippen LogP contribution >= 0.6 is 0 Å². The van der Waals surface area contributed by atoms with Crippen LogP contribution in [0, 0.1) is 0 Å². The second-order valence-electron chi connectivity index (χ2n) is 4.41. The molecule has 0 bridgehead atoms. The van der Waals surface area contributed by atoms with Crippen molar-refractivity contribution in [1.29, 1.82) is 0 Å². The van der Waals surface area contributed by atoms with Gasteiger partial charge < -0.3 is 14.9 Å². The Morgan fingerprint density at radius 3 is 2.47 bits per heavy atom. The molecular weight excluding hydrogens is 244 g/mol. The van der Waals surface area contributed by atoms with Gasteiger partial charge in [-0.15, -0.1) is 0 Å². The monoisotopic (exact) mass is 256 g/mol. The maximum absolute atomic E-state index is 12.1. The quantitative estimate of drug-likeness (QED) is 0.819. The molecular formula is C15H12O4. The number of benzene rings is 2. The van der Waals surface area contributed by atoms with Crippen molar-refractivity contribution >= 4 is 5.78 Å². The maximum atomic E-state index is 12.1. The van der Waals surface area contributed by atoms with E-state index < -0.39 is 18.0 Å². The number of phenols is 1. The van der Waals surface area contributed by atoms with Gasteiger partial charge in [0.1, 0.15) is 17.1 Å². The zero-order chi connectivity index (χ0) is 13.4. The summed E-state index contributed by atoms with van der Waals surface area (Å²) in [5.41, 5.74) is 0.763. The van der Waals surface area contributed by atoms with Crippen LogP contribution in [0.3, 0.4) is 0 Å². The summed E-state index contributed by atoms with van der Waals surface area (Å²) < 4.78 is 5.65. The van der Waals surface area contributed by atoms with Crippen LogP contribution in [0.5, 0.6) is 11.5 Å². The molecule has 0 aromatic heterocycles. The topological polar surface area (TPSA) is 66.8 Å². The van der Waals surface area contributed by atoms with Gasteiger partial charge in [-0.25, -0.2) is 0 Å². The van der Waals surface area contributed by atoms with Gasteiger partial charge in [-0.05, 0) is 17.7 Å². The molecule has 0 spiro atoms. The van der Waals surface area contributed by atoms with Gasteiger partial charge in [0.05, 0.1) is 0 Å². The van der Waals surface area contributed by atoms with Crippen molar-refractivity contribution in [2.24, 2.45) is 0 Å². The molecule has 0 saturated heterocycles. The fourth-order valence-corrected chi connectivity index (χ4v) is 2.25. The molecule has 96 valence electrons. The van der Waals surface area contributed by atoms with Crippen molar-refractivity contribution < 1.29 is 19.7 Å². The van der Waals surface area contributed by atoms with E-state index in [-0.39, 0.29) is 11.3 Å². The van der Waals surface area contributed by atoms with Crippen LogP contribution in [0.2, 0.25) is 0 Å². The molecule has 0 fully saturated rings. The Labute approximate surface area is 109 Å². The van der Waals surface area contributed by atoms with E-state index in [4.69, 9.17) is 4.74 Å². The van der Waals surface area contributed by atoms with Gasteiger partial charge in [0.2, 0.25) is 5.78 Å². The number of ketones is 1. The fourth-order valence-electron chi connectivity index (χ4n) is 2.25. The Hall–Kier alpha value is -2.33. The number of rotatable bonds is 1. The van der Waals surface area contributed by atoms with Crippen molar-refractivity contribution in [2.45, 2.75) is 12.2 Å². The number of ether oxygens (including phenoxy) is 1. The summed E-state index contributed by atoms with van der Waals surface area (Å²) in [6.07, 6.45) is -2.06. The Balaban J connectivity index is 2.07. The van der Waals surface area contributed by atoms with E-state index in [1.165, 1.54) is 6.07 Å². The first-order valence-corrected chi connectivity index (χ1v) is 5.94. The lowest BCUT2D eigenvalue weighted by atomic mass is 9.93. The van der Waals surface area contributed by atoms with Crippen LogP contribution < -0.4 is 4.74 Å². The third kappa shape index (κ3) is 1.86. The number of fused-ring (bicyclic) bond motifs is 1. The smallest absolute Gasteiger partial charge is 0.202 e. The average molecular weight is 256 g/mol. The fraction of sp³-hybridized carbons (Fsp3) is 0.133. The number of hydrogen-bond acceptors (Lipinski definition) is 4. The number of carbonyl (C=O) groups is 1. The van der Waals surface area contributed by atoms with Crippen LogP contribution in [-0.2, 0) is 0 Å². The molecule has 2 aromatic carbocycles. The lowest BCUT2D eigenvalue weighted by Gasteiger charge is -2.30. The predicted octanol–water partition coefficient (Wildman–Crippen LogP) is 2.07. The van der Waals surface area contributed by atoms with E-state index in [1.807, 2.05) is 18.2 Å². The number of Topliss-reactive ketones (excluding diaryl/α,β-unsaturated/α-hetero) is 1. The van der Waals surface area contributed by atoms with E-state index in [0.29, 0.717) is 5.75 Å². The molecule has 4 nitrogen and oxygen atoms in total. The van der Waals surface area contributed by atoms with Crippen molar-refractivity contribution in [3.8, 4) is 11.5 Å². The number of carbonyl (C=O) groups excluding carboxylic acids is 1. The molecule has 19 heavy (non-hydrogen) atoms. The largest absolute Gasteiger partial charge is 0.507 e. The molecule has 0 amide bonds. The van der Waals surface area contributed by atoms with Gasteiger partial charge in [-0.2, -0.15) is 0 Å². The predicted molar refractivity (Wildman–Crippen MR) is 68.3 cm³/mol. The van der Waals surface area contributed by atoms with E-state index in [2.05, 4.69) is 0 Å². The Kier molecular flexibility index (Phi) is 2.72. The molecule has 3 rings (SSSR count). The van der Waals surface area contributed by atoms with Crippen LogP contribution in [0.15, 0.2) is 48.5 Å². The standard InChI is InChI=1S/C15H12O4/c16-10-7-4-8-11-12(10)13(17)14(18)15(19-11)9-5-2-1-3-6-9/h1-8,14-16,18H. The van der Waals surface area contributed by atoms with Crippen LogP contribution in [0.25, 0.3) is 0 Å². The van der Waals surface area contributed by atoms with E-state index >= 15 is 0 Å². The summed E-state index contributed by atoms with van der Waals surface area (Å²) >= 11 is 0. The molecule has 2 atom stereocenters. The normalized spacial score (nSPS) is 21.6. The number of aliphatic hydroxyl groups excluding tert-OH is 1. The van der Waals surface area contributed by atoms with Crippen molar-refractivity contribution in [1.82, 2.24) is 0 Å². The number of aliphatic hydroxyl groups is 1. The maximum Gasteiger partial charge on any atom is 0.202 e. The lowest BCUT2D eigenvalue weighted by molar-refractivity contribution is 0.0212. The number of phenolic OH excluding ortho intramolecular Hbond substituents is 1. The van der Waals surface area contributed by atoms with Crippen molar-refractivity contribution in [2.75, 3.05) is 0 Å². The minimum absolute atomic E-state index is 0.0437. The third-order valence-corrected chi connectivity index (χ3v) is 3.19. The molecule has 0 radical (unpaired) electrons. The molecule has 2 unspecified atom stereocenters. The molecule has 4 heteroatoms. The summed E-state index contributed by atoms with van der Waals surface area (Å²) in [5.74, 6) is -0.398. The van der Waals surface area contributed by atoms with Crippen LogP contribution in [0.1, 0.15) is 22.0 Å². The third-order valence-electron chi connectivity index (χ3n) is 3.19. The van der Waals surface area contributed by atoms with E-state index in [1.54, 1.807) is 24.3 Å². The highest BCUT2D eigenvalue weighted by Gasteiger charge is 2.38. The minimum Gasteiger partial charge on any atom is -0.507 e. The summed E-state index contributed by atoms with van der Waals surface area (Å²) in [4.78, 5) is 12.1. The van der Waals surface area contributed by atoms with Crippen molar-refractivity contribution in [3.63, 3.8) is 0 Å². The summed E-state index contributed by atoms with van der Waals surface area (Å²) in [5, 5.41) is 19.8. The van der Waals surface area contributed by atoms with Gasteiger partial charge in [0, 0.05) is 0 Å². The molecule has 2 aromatic rings. The molecule has 1 heterocycles. The molecule has 1 aliphatic rings. The molecule has 0 saturated carbocycles. The number of aromatic hydroxyl groups is 1. The highest BCUT2D eigenvalue weighted by atomic mass is 16.5. The molecule has 0 aliphatic carbocycles. The molecule has 2 N–H and O–H groups in total. The van der Waals surface area contributed by atoms with Gasteiger partial charge in [0.25, 0.3) is 0 Å². The summed E-state index contributed by atoms with van der Waals surface area (Å²) in [6.45, 7) is 0. The second kappa shape index (κ2) is 4.40. The van der Waals surface area contributed by atoms with Gasteiger partial charge >= 0.3 is 0 Å². The van der Waals surface area contributed by atoms with Gasteiger partial charge in [-0.3, -0.25) is 4.79 Å². The number of hydrogen-bond donors (Lipinski definition) is 2. The zero-order valence-corrected chi connectivity index (χ0v) is 9.98. The minimum atomic E-state index is -1.32.